The minimum atomic E-state index is -0.273. The molecule has 0 bridgehead atoms. The van der Waals surface area contributed by atoms with Crippen LogP contribution in [0.15, 0.2) is 17.2 Å². The Bertz CT molecular complexity index is 391. The molecule has 0 radical (unpaired) electrons. The Labute approximate surface area is 94.0 Å². The number of nitrogens with zero attached hydrogens (tertiary/aromatic N) is 1. The molecule has 0 aromatic carbocycles. The molecular weight excluding hydrogens is 206 g/mol. The Kier molecular flexibility index (Phi) is 3.56. The molecule has 2 unspecified atom stereocenters. The van der Waals surface area contributed by atoms with Crippen molar-refractivity contribution in [1.82, 2.24) is 9.97 Å². The maximum absolute atomic E-state index is 11.3. The standard InChI is InChI=1S/C11H17N3O2/c12-6-8-2-1-3-9(8)7-16-11-10(15)13-4-5-14-11/h4-5,8-9H,1-3,6-7,12H2,(H,13,15). The van der Waals surface area contributed by atoms with Gasteiger partial charge in [-0.15, -0.1) is 0 Å². The van der Waals surface area contributed by atoms with E-state index in [-0.39, 0.29) is 11.4 Å². The zero-order valence-corrected chi connectivity index (χ0v) is 9.19. The van der Waals surface area contributed by atoms with Crippen LogP contribution in [0, 0.1) is 11.8 Å². The fourth-order valence-electron chi connectivity index (χ4n) is 2.27. The molecule has 1 aliphatic rings. The highest BCUT2D eigenvalue weighted by atomic mass is 16.5. The van der Waals surface area contributed by atoms with Crippen LogP contribution in [-0.2, 0) is 0 Å². The number of hydrogen-bond donors (Lipinski definition) is 2. The first-order chi connectivity index (χ1) is 7.81. The molecule has 16 heavy (non-hydrogen) atoms. The second-order valence-corrected chi connectivity index (χ2v) is 4.22. The molecule has 3 N–H and O–H groups in total. The van der Waals surface area contributed by atoms with E-state index >= 15 is 0 Å². The van der Waals surface area contributed by atoms with E-state index in [1.165, 1.54) is 25.2 Å². The lowest BCUT2D eigenvalue weighted by Gasteiger charge is -2.17. The topological polar surface area (TPSA) is 81.0 Å². The molecule has 1 aromatic rings. The summed E-state index contributed by atoms with van der Waals surface area (Å²) >= 11 is 0. The Morgan fingerprint density at radius 3 is 3.06 bits per heavy atom. The van der Waals surface area contributed by atoms with Crippen molar-refractivity contribution in [3.05, 3.63) is 22.7 Å². The Hall–Kier alpha value is -1.36. The summed E-state index contributed by atoms with van der Waals surface area (Å²) < 4.78 is 5.44. The van der Waals surface area contributed by atoms with E-state index in [1.807, 2.05) is 0 Å². The number of aromatic amines is 1. The molecule has 1 fully saturated rings. The first kappa shape index (κ1) is 11.1. The van der Waals surface area contributed by atoms with E-state index in [9.17, 15) is 4.79 Å². The second-order valence-electron chi connectivity index (χ2n) is 4.22. The molecule has 1 saturated carbocycles. The Morgan fingerprint density at radius 2 is 2.31 bits per heavy atom. The van der Waals surface area contributed by atoms with Gasteiger partial charge in [-0.1, -0.05) is 6.42 Å². The van der Waals surface area contributed by atoms with Crippen LogP contribution in [0.1, 0.15) is 19.3 Å². The van der Waals surface area contributed by atoms with Gasteiger partial charge in [-0.3, -0.25) is 4.79 Å². The summed E-state index contributed by atoms with van der Waals surface area (Å²) in [5.74, 6) is 1.15. The van der Waals surface area contributed by atoms with Gasteiger partial charge in [0, 0.05) is 12.4 Å². The van der Waals surface area contributed by atoms with Crippen molar-refractivity contribution < 1.29 is 4.74 Å². The normalized spacial score (nSPS) is 24.6. The Balaban J connectivity index is 1.92. The number of nitrogens with one attached hydrogen (secondary N) is 1. The number of H-pyrrole nitrogens is 1. The zero-order valence-electron chi connectivity index (χ0n) is 9.19. The number of rotatable bonds is 4. The third-order valence-corrected chi connectivity index (χ3v) is 3.23. The number of aromatic nitrogens is 2. The van der Waals surface area contributed by atoms with Crippen LogP contribution >= 0.6 is 0 Å². The minimum Gasteiger partial charge on any atom is -0.473 e. The van der Waals surface area contributed by atoms with Crippen LogP contribution in [0.2, 0.25) is 0 Å². The highest BCUT2D eigenvalue weighted by Gasteiger charge is 2.26. The second kappa shape index (κ2) is 5.12. The van der Waals surface area contributed by atoms with Gasteiger partial charge in [0.25, 0.3) is 5.88 Å². The quantitative estimate of drug-likeness (QED) is 0.780. The summed E-state index contributed by atoms with van der Waals surface area (Å²) in [7, 11) is 0. The fraction of sp³-hybridized carbons (Fsp3) is 0.636. The van der Waals surface area contributed by atoms with Crippen molar-refractivity contribution in [3.8, 4) is 5.88 Å². The molecule has 5 nitrogen and oxygen atoms in total. The molecule has 0 saturated heterocycles. The van der Waals surface area contributed by atoms with Crippen LogP contribution in [-0.4, -0.2) is 23.1 Å². The van der Waals surface area contributed by atoms with Crippen LogP contribution in [0.25, 0.3) is 0 Å². The van der Waals surface area contributed by atoms with Gasteiger partial charge in [0.1, 0.15) is 0 Å². The maximum atomic E-state index is 11.3. The highest BCUT2D eigenvalue weighted by Crippen LogP contribution is 2.30. The molecule has 5 heteroatoms. The molecule has 1 aliphatic carbocycles. The van der Waals surface area contributed by atoms with E-state index in [4.69, 9.17) is 10.5 Å². The Morgan fingerprint density at radius 1 is 1.50 bits per heavy atom. The first-order valence-corrected chi connectivity index (χ1v) is 5.68. The molecule has 1 heterocycles. The molecule has 88 valence electrons. The van der Waals surface area contributed by atoms with E-state index in [2.05, 4.69) is 9.97 Å². The summed E-state index contributed by atoms with van der Waals surface area (Å²) in [5, 5.41) is 0. The van der Waals surface area contributed by atoms with E-state index in [1.54, 1.807) is 0 Å². The van der Waals surface area contributed by atoms with Gasteiger partial charge in [-0.05, 0) is 31.2 Å². The lowest BCUT2D eigenvalue weighted by molar-refractivity contribution is 0.208. The molecule has 1 aromatic heterocycles. The lowest BCUT2D eigenvalue weighted by Crippen LogP contribution is -2.25. The monoisotopic (exact) mass is 223 g/mol. The van der Waals surface area contributed by atoms with Crippen molar-refractivity contribution in [2.45, 2.75) is 19.3 Å². The predicted molar refractivity (Wildman–Crippen MR) is 60.2 cm³/mol. The maximum Gasteiger partial charge on any atom is 0.310 e. The van der Waals surface area contributed by atoms with E-state index in [0.717, 1.165) is 6.42 Å². The smallest absolute Gasteiger partial charge is 0.310 e. The van der Waals surface area contributed by atoms with Crippen LogP contribution < -0.4 is 16.0 Å². The van der Waals surface area contributed by atoms with E-state index in [0.29, 0.717) is 25.0 Å². The van der Waals surface area contributed by atoms with Crippen LogP contribution in [0.3, 0.4) is 0 Å². The van der Waals surface area contributed by atoms with Gasteiger partial charge >= 0.3 is 5.56 Å². The van der Waals surface area contributed by atoms with Gasteiger partial charge in [0.2, 0.25) is 0 Å². The summed E-state index contributed by atoms with van der Waals surface area (Å²) in [4.78, 5) is 17.7. The van der Waals surface area contributed by atoms with Crippen LogP contribution in [0.5, 0.6) is 5.88 Å². The number of nitrogens with two attached hydrogens (primary N) is 1. The molecular formula is C11H17N3O2. The third-order valence-electron chi connectivity index (χ3n) is 3.23. The first-order valence-electron chi connectivity index (χ1n) is 5.68. The van der Waals surface area contributed by atoms with Crippen LogP contribution in [0.4, 0.5) is 0 Å². The minimum absolute atomic E-state index is 0.158. The number of hydrogen-bond acceptors (Lipinski definition) is 4. The van der Waals surface area contributed by atoms with Gasteiger partial charge in [0.15, 0.2) is 0 Å². The van der Waals surface area contributed by atoms with Crippen molar-refractivity contribution in [1.29, 1.82) is 0 Å². The van der Waals surface area contributed by atoms with Crippen molar-refractivity contribution in [2.75, 3.05) is 13.2 Å². The summed E-state index contributed by atoms with van der Waals surface area (Å²) in [6.07, 6.45) is 6.52. The summed E-state index contributed by atoms with van der Waals surface area (Å²) in [6, 6.07) is 0. The largest absolute Gasteiger partial charge is 0.473 e. The fourth-order valence-corrected chi connectivity index (χ4v) is 2.27. The average molecular weight is 223 g/mol. The zero-order chi connectivity index (χ0) is 11.4. The van der Waals surface area contributed by atoms with E-state index < -0.39 is 0 Å². The highest BCUT2D eigenvalue weighted by molar-refractivity contribution is 5.02. The number of ether oxygens (including phenoxy) is 1. The van der Waals surface area contributed by atoms with Crippen molar-refractivity contribution >= 4 is 0 Å². The van der Waals surface area contributed by atoms with Gasteiger partial charge in [0.05, 0.1) is 6.61 Å². The molecule has 0 amide bonds. The summed E-state index contributed by atoms with van der Waals surface area (Å²) in [6.45, 7) is 1.24. The molecule has 2 rings (SSSR count). The molecule has 0 spiro atoms. The molecule has 0 aliphatic heterocycles. The summed E-state index contributed by atoms with van der Waals surface area (Å²) in [5.41, 5.74) is 5.41. The van der Waals surface area contributed by atoms with Crippen molar-refractivity contribution in [2.24, 2.45) is 17.6 Å². The van der Waals surface area contributed by atoms with Crippen molar-refractivity contribution in [3.63, 3.8) is 0 Å². The lowest BCUT2D eigenvalue weighted by atomic mass is 9.97. The third kappa shape index (κ3) is 2.41. The SMILES string of the molecule is NCC1CCCC1COc1ncc[nH]c1=O. The predicted octanol–water partition coefficient (Wildman–Crippen LogP) is 0.524. The van der Waals surface area contributed by atoms with Gasteiger partial charge in [-0.25, -0.2) is 4.98 Å². The van der Waals surface area contributed by atoms with Gasteiger partial charge < -0.3 is 15.5 Å². The molecule has 2 atom stereocenters. The van der Waals surface area contributed by atoms with Gasteiger partial charge in [-0.2, -0.15) is 0 Å². The average Bonchev–Trinajstić information content (AvgIpc) is 2.75.